The minimum absolute atomic E-state index is 0.0962. The summed E-state index contributed by atoms with van der Waals surface area (Å²) >= 11 is 0. The lowest BCUT2D eigenvalue weighted by Crippen LogP contribution is -2.52. The molecule has 132 valence electrons. The molecule has 1 saturated carbocycles. The van der Waals surface area contributed by atoms with E-state index in [4.69, 9.17) is 4.74 Å². The van der Waals surface area contributed by atoms with Gasteiger partial charge in [-0.1, -0.05) is 30.3 Å². The van der Waals surface area contributed by atoms with Gasteiger partial charge in [0, 0.05) is 32.7 Å². The number of carbonyl (C=O) groups is 1. The predicted molar refractivity (Wildman–Crippen MR) is 92.6 cm³/mol. The van der Waals surface area contributed by atoms with Crippen LogP contribution in [0.5, 0.6) is 0 Å². The van der Waals surface area contributed by atoms with Gasteiger partial charge in [0.05, 0.1) is 12.7 Å². The van der Waals surface area contributed by atoms with Gasteiger partial charge >= 0.3 is 0 Å². The van der Waals surface area contributed by atoms with E-state index in [1.54, 1.807) is 0 Å². The van der Waals surface area contributed by atoms with Gasteiger partial charge in [0.15, 0.2) is 0 Å². The maximum atomic E-state index is 12.4. The molecule has 0 bridgehead atoms. The molecule has 24 heavy (non-hydrogen) atoms. The predicted octanol–water partition coefficient (Wildman–Crippen LogP) is 1.68. The molecule has 1 N–H and O–H groups in total. The highest BCUT2D eigenvalue weighted by Crippen LogP contribution is 2.29. The second-order valence-electron chi connectivity index (χ2n) is 6.97. The van der Waals surface area contributed by atoms with Gasteiger partial charge in [0.1, 0.15) is 6.10 Å². The van der Waals surface area contributed by atoms with Crippen molar-refractivity contribution in [1.82, 2.24) is 9.80 Å². The quantitative estimate of drug-likeness (QED) is 0.825. The first-order chi connectivity index (χ1) is 11.6. The first-order valence-electron chi connectivity index (χ1n) is 8.99. The highest BCUT2D eigenvalue weighted by molar-refractivity contribution is 5.80. The van der Waals surface area contributed by atoms with Crippen LogP contribution in [-0.2, 0) is 9.53 Å². The summed E-state index contributed by atoms with van der Waals surface area (Å²) in [6.45, 7) is 6.19. The molecule has 3 rings (SSSR count). The zero-order chi connectivity index (χ0) is 16.9. The van der Waals surface area contributed by atoms with Crippen LogP contribution < -0.4 is 0 Å². The fraction of sp³-hybridized carbons (Fsp3) is 0.632. The highest BCUT2D eigenvalue weighted by atomic mass is 16.5. The summed E-state index contributed by atoms with van der Waals surface area (Å²) < 4.78 is 5.69. The molecule has 1 aromatic carbocycles. The largest absolute Gasteiger partial charge is 0.387 e. The minimum Gasteiger partial charge on any atom is -0.387 e. The Hall–Kier alpha value is -1.43. The normalized spacial score (nSPS) is 21.5. The number of benzene rings is 1. The third-order valence-corrected chi connectivity index (χ3v) is 4.93. The Balaban J connectivity index is 1.40. The molecule has 0 unspecified atom stereocenters. The van der Waals surface area contributed by atoms with Crippen LogP contribution in [-0.4, -0.2) is 66.2 Å². The Morgan fingerprint density at radius 2 is 1.88 bits per heavy atom. The molecule has 1 amide bonds. The van der Waals surface area contributed by atoms with Gasteiger partial charge in [-0.15, -0.1) is 0 Å². The van der Waals surface area contributed by atoms with Crippen LogP contribution in [0.3, 0.4) is 0 Å². The van der Waals surface area contributed by atoms with Crippen molar-refractivity contribution >= 4 is 5.91 Å². The lowest BCUT2D eigenvalue weighted by molar-refractivity contribution is -0.144. The van der Waals surface area contributed by atoms with Crippen molar-refractivity contribution in [2.75, 3.05) is 39.3 Å². The number of ether oxygens (including phenoxy) is 1. The van der Waals surface area contributed by atoms with E-state index in [2.05, 4.69) is 4.90 Å². The van der Waals surface area contributed by atoms with Crippen molar-refractivity contribution in [2.24, 2.45) is 5.92 Å². The molecule has 1 saturated heterocycles. The topological polar surface area (TPSA) is 53.0 Å². The Morgan fingerprint density at radius 1 is 1.21 bits per heavy atom. The van der Waals surface area contributed by atoms with Crippen molar-refractivity contribution in [3.8, 4) is 0 Å². The second kappa shape index (κ2) is 8.10. The van der Waals surface area contributed by atoms with Crippen molar-refractivity contribution in [2.45, 2.75) is 32.0 Å². The van der Waals surface area contributed by atoms with E-state index in [0.717, 1.165) is 25.3 Å². The third kappa shape index (κ3) is 4.79. The van der Waals surface area contributed by atoms with E-state index in [1.807, 2.05) is 42.2 Å². The second-order valence-corrected chi connectivity index (χ2v) is 6.97. The number of rotatable bonds is 7. The SMILES string of the molecule is C[C@H](OCC1CC1)C(=O)N1CCN(C[C@@H](O)c2ccccc2)CC1. The summed E-state index contributed by atoms with van der Waals surface area (Å²) in [5, 5.41) is 10.3. The number of hydrogen-bond acceptors (Lipinski definition) is 4. The van der Waals surface area contributed by atoms with Crippen LogP contribution >= 0.6 is 0 Å². The van der Waals surface area contributed by atoms with Crippen LogP contribution in [0.2, 0.25) is 0 Å². The Kier molecular flexibility index (Phi) is 5.87. The summed E-state index contributed by atoms with van der Waals surface area (Å²) in [5.74, 6) is 0.774. The number of nitrogens with zero attached hydrogens (tertiary/aromatic N) is 2. The standard InChI is InChI=1S/C19H28N2O3/c1-15(24-14-16-7-8-16)19(23)21-11-9-20(10-12-21)13-18(22)17-5-3-2-4-6-17/h2-6,15-16,18,22H,7-14H2,1H3/t15-,18+/m0/s1. The monoisotopic (exact) mass is 332 g/mol. The molecular weight excluding hydrogens is 304 g/mol. The van der Waals surface area contributed by atoms with E-state index >= 15 is 0 Å². The van der Waals surface area contributed by atoms with E-state index in [9.17, 15) is 9.90 Å². The van der Waals surface area contributed by atoms with Gasteiger partial charge in [-0.2, -0.15) is 0 Å². The molecule has 2 fully saturated rings. The molecule has 0 radical (unpaired) electrons. The van der Waals surface area contributed by atoms with E-state index < -0.39 is 6.10 Å². The molecular formula is C19H28N2O3. The van der Waals surface area contributed by atoms with Crippen LogP contribution in [0.1, 0.15) is 31.4 Å². The van der Waals surface area contributed by atoms with E-state index in [0.29, 0.717) is 25.6 Å². The lowest BCUT2D eigenvalue weighted by atomic mass is 10.1. The number of aliphatic hydroxyl groups is 1. The van der Waals surface area contributed by atoms with E-state index in [1.165, 1.54) is 12.8 Å². The fourth-order valence-electron chi connectivity index (χ4n) is 3.07. The summed E-state index contributed by atoms with van der Waals surface area (Å²) in [6, 6.07) is 9.73. The Morgan fingerprint density at radius 3 is 2.50 bits per heavy atom. The lowest BCUT2D eigenvalue weighted by Gasteiger charge is -2.36. The van der Waals surface area contributed by atoms with Crippen molar-refractivity contribution in [3.05, 3.63) is 35.9 Å². The van der Waals surface area contributed by atoms with Crippen LogP contribution in [0.15, 0.2) is 30.3 Å². The third-order valence-electron chi connectivity index (χ3n) is 4.93. The molecule has 2 atom stereocenters. The minimum atomic E-state index is -0.478. The van der Waals surface area contributed by atoms with Gasteiger partial charge in [0.25, 0.3) is 5.91 Å². The van der Waals surface area contributed by atoms with Gasteiger partial charge in [-0.25, -0.2) is 0 Å². The Bertz CT molecular complexity index is 525. The number of hydrogen-bond donors (Lipinski definition) is 1. The first kappa shape index (κ1) is 17.4. The molecule has 5 heteroatoms. The van der Waals surface area contributed by atoms with Gasteiger partial charge in [-0.05, 0) is 31.2 Å². The van der Waals surface area contributed by atoms with Gasteiger partial charge in [-0.3, -0.25) is 9.69 Å². The number of β-amino-alcohol motifs (C(OH)–C–C–N with tert-alkyl or cyclic N) is 1. The van der Waals surface area contributed by atoms with Crippen LogP contribution in [0, 0.1) is 5.92 Å². The van der Waals surface area contributed by atoms with Crippen molar-refractivity contribution in [3.63, 3.8) is 0 Å². The first-order valence-corrected chi connectivity index (χ1v) is 8.99. The number of amides is 1. The van der Waals surface area contributed by atoms with Crippen LogP contribution in [0.4, 0.5) is 0 Å². The van der Waals surface area contributed by atoms with Gasteiger partial charge in [0.2, 0.25) is 0 Å². The zero-order valence-electron chi connectivity index (χ0n) is 14.4. The molecule has 1 aliphatic heterocycles. The molecule has 2 aliphatic rings. The molecule has 1 aromatic rings. The number of carbonyl (C=O) groups excluding carboxylic acids is 1. The average Bonchev–Trinajstić information content (AvgIpc) is 3.45. The van der Waals surface area contributed by atoms with Crippen LogP contribution in [0.25, 0.3) is 0 Å². The molecule has 1 aliphatic carbocycles. The number of aliphatic hydroxyl groups excluding tert-OH is 1. The molecule has 0 aromatic heterocycles. The maximum absolute atomic E-state index is 12.4. The summed E-state index contributed by atoms with van der Waals surface area (Å²) in [5.41, 5.74) is 0.943. The smallest absolute Gasteiger partial charge is 0.251 e. The molecule has 0 spiro atoms. The highest BCUT2D eigenvalue weighted by Gasteiger charge is 2.28. The molecule has 1 heterocycles. The summed E-state index contributed by atoms with van der Waals surface area (Å²) in [7, 11) is 0. The summed E-state index contributed by atoms with van der Waals surface area (Å²) in [6.07, 6.45) is 1.66. The van der Waals surface area contributed by atoms with E-state index in [-0.39, 0.29) is 12.0 Å². The fourth-order valence-corrected chi connectivity index (χ4v) is 3.07. The van der Waals surface area contributed by atoms with Crippen molar-refractivity contribution < 1.29 is 14.6 Å². The Labute approximate surface area is 144 Å². The number of piperazine rings is 1. The average molecular weight is 332 g/mol. The zero-order valence-corrected chi connectivity index (χ0v) is 14.4. The van der Waals surface area contributed by atoms with Gasteiger partial charge < -0.3 is 14.7 Å². The molecule has 5 nitrogen and oxygen atoms in total. The van der Waals surface area contributed by atoms with Crippen molar-refractivity contribution in [1.29, 1.82) is 0 Å². The maximum Gasteiger partial charge on any atom is 0.251 e. The summed E-state index contributed by atoms with van der Waals surface area (Å²) in [4.78, 5) is 16.5.